The van der Waals surface area contributed by atoms with Crippen LogP contribution in [0.5, 0.6) is 5.75 Å². The summed E-state index contributed by atoms with van der Waals surface area (Å²) in [6, 6.07) is 47.0. The zero-order valence-electron chi connectivity index (χ0n) is 40.5. The number of pyridine rings is 1. The maximum absolute atomic E-state index is 12.3. The monoisotopic (exact) mass is 998 g/mol. The standard InChI is InChI=1S/C57H58N3O.Pt/c1-12-57(10,11)43-25-26-50(46(35-43)39-17-14-13-15-18-39)60-51-20-16-19-45(52(51)59-54(60)47-29-37(3)30-48(53(47)61)56(7,8)9)41-31-42(33-44(32-41)55(4,5)6)49-34-40(27-28-58-49)38-23-21-36(2)22-24-38;/h13-30,32-35,61H,12H2,1-11H3;/q-1;/i2D3;. The fraction of sp³-hybridized carbons (Fsp3) is 0.263. The van der Waals surface area contributed by atoms with Gasteiger partial charge in [0, 0.05) is 48.2 Å². The molecule has 0 aliphatic heterocycles. The number of imidazole rings is 1. The van der Waals surface area contributed by atoms with Crippen molar-refractivity contribution in [1.29, 1.82) is 0 Å². The molecule has 0 spiro atoms. The van der Waals surface area contributed by atoms with E-state index in [4.69, 9.17) is 14.1 Å². The van der Waals surface area contributed by atoms with Gasteiger partial charge in [0.05, 0.1) is 22.3 Å². The third-order valence-electron chi connectivity index (χ3n) is 12.3. The van der Waals surface area contributed by atoms with Crippen molar-refractivity contribution in [3.05, 3.63) is 167 Å². The van der Waals surface area contributed by atoms with Crippen molar-refractivity contribution >= 4 is 11.0 Å². The number of hydrogen-bond donors (Lipinski definition) is 1. The summed E-state index contributed by atoms with van der Waals surface area (Å²) >= 11 is 0. The minimum absolute atomic E-state index is 0. The van der Waals surface area contributed by atoms with Crippen LogP contribution in [0.4, 0.5) is 0 Å². The van der Waals surface area contributed by atoms with E-state index in [2.05, 4.69) is 165 Å². The number of benzene rings is 6. The smallest absolute Gasteiger partial charge is 0.148 e. The Morgan fingerprint density at radius 3 is 2.05 bits per heavy atom. The summed E-state index contributed by atoms with van der Waals surface area (Å²) in [5.41, 5.74) is 14.7. The summed E-state index contributed by atoms with van der Waals surface area (Å²) in [6.45, 7) is 19.7. The molecule has 0 bridgehead atoms. The van der Waals surface area contributed by atoms with Crippen LogP contribution in [0.15, 0.2) is 134 Å². The Morgan fingerprint density at radius 2 is 1.37 bits per heavy atom. The van der Waals surface area contributed by atoms with E-state index in [1.807, 2.05) is 30.3 Å². The Hall–Kier alpha value is -5.57. The first-order valence-corrected chi connectivity index (χ1v) is 21.4. The topological polar surface area (TPSA) is 50.9 Å². The van der Waals surface area contributed by atoms with E-state index in [9.17, 15) is 5.11 Å². The molecule has 2 heterocycles. The van der Waals surface area contributed by atoms with Crippen molar-refractivity contribution in [2.24, 2.45) is 0 Å². The molecule has 8 aromatic rings. The number of nitrogens with zero attached hydrogens (tertiary/aromatic N) is 3. The molecule has 0 aliphatic rings. The van der Waals surface area contributed by atoms with Crippen molar-refractivity contribution in [2.45, 2.75) is 98.8 Å². The van der Waals surface area contributed by atoms with Crippen LogP contribution in [0.2, 0.25) is 0 Å². The molecule has 1 N–H and O–H groups in total. The molecule has 0 atom stereocenters. The molecular formula is C57H58N3OPt-. The summed E-state index contributed by atoms with van der Waals surface area (Å²) in [7, 11) is 0. The van der Waals surface area contributed by atoms with Crippen molar-refractivity contribution in [2.75, 3.05) is 0 Å². The molecular weight excluding hydrogens is 938 g/mol. The van der Waals surface area contributed by atoms with E-state index in [0.717, 1.165) is 84.5 Å². The van der Waals surface area contributed by atoms with Crippen LogP contribution in [0.25, 0.3) is 72.7 Å². The first-order valence-electron chi connectivity index (χ1n) is 22.9. The van der Waals surface area contributed by atoms with Gasteiger partial charge in [-0.25, -0.2) is 4.98 Å². The molecule has 0 unspecified atom stereocenters. The van der Waals surface area contributed by atoms with Crippen LogP contribution in [0.1, 0.15) is 101 Å². The Morgan fingerprint density at radius 1 is 0.645 bits per heavy atom. The third kappa shape index (κ3) is 8.60. The van der Waals surface area contributed by atoms with Gasteiger partial charge in [0.25, 0.3) is 0 Å². The maximum atomic E-state index is 12.3. The fourth-order valence-corrected chi connectivity index (χ4v) is 8.17. The van der Waals surface area contributed by atoms with Gasteiger partial charge in [-0.05, 0) is 94.6 Å². The van der Waals surface area contributed by atoms with Crippen LogP contribution in [-0.4, -0.2) is 19.6 Å². The number of phenolic OH excluding ortho intramolecular Hbond substituents is 1. The zero-order chi connectivity index (χ0) is 45.9. The number of hydrogen-bond acceptors (Lipinski definition) is 3. The van der Waals surface area contributed by atoms with Crippen LogP contribution in [-0.2, 0) is 37.3 Å². The van der Waals surface area contributed by atoms with Crippen molar-refractivity contribution in [3.8, 4) is 67.5 Å². The van der Waals surface area contributed by atoms with E-state index in [0.29, 0.717) is 17.0 Å². The summed E-state index contributed by atoms with van der Waals surface area (Å²) in [4.78, 5) is 10.4. The Labute approximate surface area is 387 Å². The van der Waals surface area contributed by atoms with Crippen LogP contribution in [0, 0.1) is 19.8 Å². The maximum Gasteiger partial charge on any atom is 0.148 e. The molecule has 5 heteroatoms. The van der Waals surface area contributed by atoms with Crippen LogP contribution >= 0.6 is 0 Å². The van der Waals surface area contributed by atoms with E-state index < -0.39 is 6.85 Å². The molecule has 0 saturated carbocycles. The molecule has 0 radical (unpaired) electrons. The molecule has 8 rings (SSSR count). The minimum Gasteiger partial charge on any atom is -0.507 e. The van der Waals surface area contributed by atoms with Gasteiger partial charge in [-0.2, -0.15) is 0 Å². The molecule has 2 aromatic heterocycles. The van der Waals surface area contributed by atoms with Crippen molar-refractivity contribution in [1.82, 2.24) is 14.5 Å². The molecule has 0 fully saturated rings. The molecule has 6 aromatic carbocycles. The van der Waals surface area contributed by atoms with Crippen LogP contribution in [0.3, 0.4) is 0 Å². The van der Waals surface area contributed by atoms with Gasteiger partial charge in [-0.1, -0.05) is 164 Å². The molecule has 0 amide bonds. The second-order valence-electron chi connectivity index (χ2n) is 19.2. The summed E-state index contributed by atoms with van der Waals surface area (Å²) in [5, 5.41) is 12.3. The molecule has 4 nitrogen and oxygen atoms in total. The largest absolute Gasteiger partial charge is 0.507 e. The number of aromatic nitrogens is 3. The summed E-state index contributed by atoms with van der Waals surface area (Å²) in [5.74, 6) is 0.878. The summed E-state index contributed by atoms with van der Waals surface area (Å²) < 4.78 is 25.7. The SMILES string of the molecule is [2H]C([2H])([2H])c1ccc(-c2ccnc(-c3[c-]c(-c4cccc5c4nc(-c4cc(C)cc(C(C)(C)C)c4O)n5-c4ccc(C(C)(C)CC)cc4-c4ccccc4)cc(C(C)(C)C)c3)c2)cc1.[Pt]. The number of phenols is 1. The van der Waals surface area contributed by atoms with Gasteiger partial charge < -0.3 is 5.11 Å². The number of fused-ring (bicyclic) bond motifs is 1. The molecule has 0 saturated heterocycles. The first kappa shape index (κ1) is 40.5. The summed E-state index contributed by atoms with van der Waals surface area (Å²) in [6.07, 6.45) is 2.79. The second-order valence-corrected chi connectivity index (χ2v) is 19.2. The molecule has 0 aliphatic carbocycles. The van der Waals surface area contributed by atoms with Gasteiger partial charge in [-0.15, -0.1) is 29.3 Å². The quantitative estimate of drug-likeness (QED) is 0.154. The Bertz CT molecular complexity index is 3030. The third-order valence-corrected chi connectivity index (χ3v) is 12.3. The van der Waals surface area contributed by atoms with Gasteiger partial charge in [0.1, 0.15) is 11.6 Å². The normalized spacial score (nSPS) is 13.0. The number of aryl methyl sites for hydroxylation is 2. The predicted octanol–water partition coefficient (Wildman–Crippen LogP) is 15.2. The first-order chi connectivity index (χ1) is 30.1. The fourth-order valence-electron chi connectivity index (χ4n) is 8.17. The zero-order valence-corrected chi connectivity index (χ0v) is 39.8. The predicted molar refractivity (Wildman–Crippen MR) is 257 cm³/mol. The average molecular weight is 999 g/mol. The Balaban J connectivity index is 0.00000630. The van der Waals surface area contributed by atoms with E-state index >= 15 is 0 Å². The van der Waals surface area contributed by atoms with Gasteiger partial charge >= 0.3 is 0 Å². The van der Waals surface area contributed by atoms with Gasteiger partial charge in [0.15, 0.2) is 0 Å². The van der Waals surface area contributed by atoms with E-state index in [-0.39, 0.29) is 43.1 Å². The minimum atomic E-state index is -2.17. The Kier molecular flexibility index (Phi) is 11.1. The van der Waals surface area contributed by atoms with Crippen LogP contribution < -0.4 is 0 Å². The number of para-hydroxylation sites is 1. The van der Waals surface area contributed by atoms with E-state index in [1.54, 1.807) is 18.3 Å². The second kappa shape index (κ2) is 16.9. The van der Waals surface area contributed by atoms with E-state index in [1.165, 1.54) is 5.56 Å². The van der Waals surface area contributed by atoms with Crippen molar-refractivity contribution < 1.29 is 30.3 Å². The number of rotatable bonds is 8. The van der Waals surface area contributed by atoms with Gasteiger partial charge in [0.2, 0.25) is 0 Å². The number of aromatic hydroxyl groups is 1. The van der Waals surface area contributed by atoms with Crippen molar-refractivity contribution in [3.63, 3.8) is 0 Å². The molecule has 62 heavy (non-hydrogen) atoms. The van der Waals surface area contributed by atoms with Gasteiger partial charge in [-0.3, -0.25) is 9.55 Å². The molecule has 318 valence electrons. The average Bonchev–Trinajstić information content (AvgIpc) is 3.65.